The molecular formula is C13H9N3S. The monoisotopic (exact) mass is 239 g/mol. The minimum atomic E-state index is 0.663. The van der Waals surface area contributed by atoms with Crippen LogP contribution in [0.1, 0.15) is 11.3 Å². The highest BCUT2D eigenvalue weighted by molar-refractivity contribution is 7.15. The predicted molar refractivity (Wildman–Crippen MR) is 68.0 cm³/mol. The minimum Gasteiger partial charge on any atom is -0.294 e. The van der Waals surface area contributed by atoms with Crippen LogP contribution in [0.2, 0.25) is 0 Å². The lowest BCUT2D eigenvalue weighted by Gasteiger charge is -1.95. The van der Waals surface area contributed by atoms with Gasteiger partial charge in [0.25, 0.3) is 0 Å². The molecule has 0 N–H and O–H groups in total. The number of imidazole rings is 1. The van der Waals surface area contributed by atoms with E-state index in [1.54, 1.807) is 17.4 Å². The van der Waals surface area contributed by atoms with E-state index in [4.69, 9.17) is 5.26 Å². The SMILES string of the molecule is Cc1csc2nc(-c3cccc(C#N)c3)cn12. The molecule has 4 heteroatoms. The summed E-state index contributed by atoms with van der Waals surface area (Å²) in [4.78, 5) is 5.54. The van der Waals surface area contributed by atoms with E-state index in [0.717, 1.165) is 16.2 Å². The van der Waals surface area contributed by atoms with Crippen LogP contribution >= 0.6 is 11.3 Å². The lowest BCUT2D eigenvalue weighted by molar-refractivity contribution is 1.13. The Kier molecular flexibility index (Phi) is 2.20. The van der Waals surface area contributed by atoms with Gasteiger partial charge in [-0.05, 0) is 19.1 Å². The summed E-state index contributed by atoms with van der Waals surface area (Å²) in [5.74, 6) is 0. The Bertz CT molecular complexity index is 731. The number of aromatic nitrogens is 2. The van der Waals surface area contributed by atoms with Gasteiger partial charge in [-0.3, -0.25) is 4.40 Å². The molecule has 0 aliphatic rings. The molecule has 0 aliphatic carbocycles. The molecule has 2 heterocycles. The zero-order valence-corrected chi connectivity index (χ0v) is 10.0. The van der Waals surface area contributed by atoms with Gasteiger partial charge in [0, 0.05) is 22.8 Å². The lowest BCUT2D eigenvalue weighted by atomic mass is 10.1. The number of nitrogens with zero attached hydrogens (tertiary/aromatic N) is 3. The van der Waals surface area contributed by atoms with Gasteiger partial charge in [-0.1, -0.05) is 12.1 Å². The third kappa shape index (κ3) is 1.61. The average molecular weight is 239 g/mol. The van der Waals surface area contributed by atoms with Crippen molar-refractivity contribution in [3.05, 3.63) is 47.1 Å². The van der Waals surface area contributed by atoms with Crippen molar-refractivity contribution >= 4 is 16.3 Å². The topological polar surface area (TPSA) is 41.1 Å². The van der Waals surface area contributed by atoms with Crippen LogP contribution in [0, 0.1) is 18.3 Å². The van der Waals surface area contributed by atoms with Gasteiger partial charge in [-0.15, -0.1) is 11.3 Å². The van der Waals surface area contributed by atoms with Crippen LogP contribution in [0.3, 0.4) is 0 Å². The molecule has 3 nitrogen and oxygen atoms in total. The van der Waals surface area contributed by atoms with E-state index in [2.05, 4.69) is 27.8 Å². The first-order chi connectivity index (χ1) is 8.28. The number of nitriles is 1. The molecular weight excluding hydrogens is 230 g/mol. The molecule has 1 aromatic carbocycles. The fourth-order valence-electron chi connectivity index (χ4n) is 1.78. The van der Waals surface area contributed by atoms with Gasteiger partial charge >= 0.3 is 0 Å². The zero-order chi connectivity index (χ0) is 11.8. The van der Waals surface area contributed by atoms with Crippen molar-refractivity contribution in [2.45, 2.75) is 6.92 Å². The number of aryl methyl sites for hydroxylation is 1. The quantitative estimate of drug-likeness (QED) is 0.654. The molecule has 0 fully saturated rings. The molecule has 0 atom stereocenters. The number of hydrogen-bond donors (Lipinski definition) is 0. The predicted octanol–water partition coefficient (Wildman–Crippen LogP) is 3.24. The van der Waals surface area contributed by atoms with Crippen molar-refractivity contribution < 1.29 is 0 Å². The van der Waals surface area contributed by atoms with Gasteiger partial charge < -0.3 is 0 Å². The van der Waals surface area contributed by atoms with Crippen molar-refractivity contribution in [1.29, 1.82) is 5.26 Å². The van der Waals surface area contributed by atoms with E-state index < -0.39 is 0 Å². The molecule has 0 saturated carbocycles. The molecule has 0 unspecified atom stereocenters. The number of fused-ring (bicyclic) bond motifs is 1. The maximum Gasteiger partial charge on any atom is 0.194 e. The van der Waals surface area contributed by atoms with Gasteiger partial charge in [0.2, 0.25) is 0 Å². The van der Waals surface area contributed by atoms with Crippen molar-refractivity contribution in [2.75, 3.05) is 0 Å². The summed E-state index contributed by atoms with van der Waals surface area (Å²) in [6.07, 6.45) is 2.01. The molecule has 0 bridgehead atoms. The molecule has 0 saturated heterocycles. The lowest BCUT2D eigenvalue weighted by Crippen LogP contribution is -1.80. The standard InChI is InChI=1S/C13H9N3S/c1-9-8-17-13-15-12(7-16(9)13)11-4-2-3-10(5-11)6-14/h2-5,7-8H,1H3. The number of hydrogen-bond acceptors (Lipinski definition) is 3. The Hall–Kier alpha value is -2.12. The van der Waals surface area contributed by atoms with E-state index in [1.807, 2.05) is 24.4 Å². The molecule has 0 aliphatic heterocycles. The first kappa shape index (κ1) is 10.1. The van der Waals surface area contributed by atoms with Gasteiger partial charge in [0.15, 0.2) is 4.96 Å². The summed E-state index contributed by atoms with van der Waals surface area (Å²) in [6, 6.07) is 9.66. The first-order valence-corrected chi connectivity index (χ1v) is 6.09. The van der Waals surface area contributed by atoms with Crippen LogP contribution < -0.4 is 0 Å². The zero-order valence-electron chi connectivity index (χ0n) is 9.21. The molecule has 82 valence electrons. The Morgan fingerprint density at radius 1 is 1.41 bits per heavy atom. The Morgan fingerprint density at radius 2 is 2.29 bits per heavy atom. The Morgan fingerprint density at radius 3 is 3.06 bits per heavy atom. The normalized spacial score (nSPS) is 10.6. The van der Waals surface area contributed by atoms with Crippen molar-refractivity contribution in [3.8, 4) is 17.3 Å². The number of thiazole rings is 1. The highest BCUT2D eigenvalue weighted by Gasteiger charge is 2.07. The third-order valence-electron chi connectivity index (χ3n) is 2.68. The smallest absolute Gasteiger partial charge is 0.194 e. The minimum absolute atomic E-state index is 0.663. The van der Waals surface area contributed by atoms with Crippen LogP contribution in [0.25, 0.3) is 16.2 Å². The second kappa shape index (κ2) is 3.72. The highest BCUT2D eigenvalue weighted by atomic mass is 32.1. The maximum absolute atomic E-state index is 8.88. The summed E-state index contributed by atoms with van der Waals surface area (Å²) in [7, 11) is 0. The molecule has 0 amide bonds. The average Bonchev–Trinajstić information content (AvgIpc) is 2.92. The number of rotatable bonds is 1. The van der Waals surface area contributed by atoms with E-state index in [-0.39, 0.29) is 0 Å². The summed E-state index contributed by atoms with van der Waals surface area (Å²) < 4.78 is 2.07. The fourth-order valence-corrected chi connectivity index (χ4v) is 2.63. The van der Waals surface area contributed by atoms with Crippen molar-refractivity contribution in [2.24, 2.45) is 0 Å². The molecule has 2 aromatic heterocycles. The van der Waals surface area contributed by atoms with Crippen LogP contribution in [0.5, 0.6) is 0 Å². The van der Waals surface area contributed by atoms with Gasteiger partial charge in [-0.2, -0.15) is 5.26 Å². The fraction of sp³-hybridized carbons (Fsp3) is 0.0769. The van der Waals surface area contributed by atoms with Gasteiger partial charge in [0.1, 0.15) is 0 Å². The Labute approximate surface area is 103 Å². The molecule has 3 aromatic rings. The van der Waals surface area contributed by atoms with Crippen LogP contribution in [-0.4, -0.2) is 9.38 Å². The summed E-state index contributed by atoms with van der Waals surface area (Å²) in [5.41, 5.74) is 3.74. The molecule has 3 rings (SSSR count). The third-order valence-corrected chi connectivity index (χ3v) is 3.63. The maximum atomic E-state index is 8.88. The molecule has 0 radical (unpaired) electrons. The van der Waals surface area contributed by atoms with Gasteiger partial charge in [0.05, 0.1) is 17.3 Å². The summed E-state index contributed by atoms with van der Waals surface area (Å²) in [6.45, 7) is 2.06. The van der Waals surface area contributed by atoms with Crippen LogP contribution in [0.4, 0.5) is 0 Å². The molecule has 0 spiro atoms. The van der Waals surface area contributed by atoms with E-state index in [0.29, 0.717) is 5.56 Å². The van der Waals surface area contributed by atoms with E-state index >= 15 is 0 Å². The summed E-state index contributed by atoms with van der Waals surface area (Å²) in [5, 5.41) is 11.0. The van der Waals surface area contributed by atoms with E-state index in [1.165, 1.54) is 5.69 Å². The van der Waals surface area contributed by atoms with Crippen molar-refractivity contribution in [1.82, 2.24) is 9.38 Å². The molecule has 17 heavy (non-hydrogen) atoms. The second-order valence-electron chi connectivity index (χ2n) is 3.85. The summed E-state index contributed by atoms with van der Waals surface area (Å²) >= 11 is 1.63. The largest absolute Gasteiger partial charge is 0.294 e. The second-order valence-corrected chi connectivity index (χ2v) is 4.68. The van der Waals surface area contributed by atoms with Crippen molar-refractivity contribution in [3.63, 3.8) is 0 Å². The Balaban J connectivity index is 2.17. The van der Waals surface area contributed by atoms with Crippen LogP contribution in [0.15, 0.2) is 35.8 Å². The van der Waals surface area contributed by atoms with Crippen LogP contribution in [-0.2, 0) is 0 Å². The number of benzene rings is 1. The van der Waals surface area contributed by atoms with E-state index in [9.17, 15) is 0 Å². The first-order valence-electron chi connectivity index (χ1n) is 5.21. The van der Waals surface area contributed by atoms with Gasteiger partial charge in [-0.25, -0.2) is 4.98 Å². The highest BCUT2D eigenvalue weighted by Crippen LogP contribution is 2.23.